The Balaban J connectivity index is 2.16. The summed E-state index contributed by atoms with van der Waals surface area (Å²) in [4.78, 5) is 15.7. The second-order valence-electron chi connectivity index (χ2n) is 4.91. The summed E-state index contributed by atoms with van der Waals surface area (Å²) in [5.41, 5.74) is 8.93. The van der Waals surface area contributed by atoms with Crippen LogP contribution in [0.4, 0.5) is 5.82 Å². The van der Waals surface area contributed by atoms with Crippen LogP contribution in [0.3, 0.4) is 0 Å². The molecule has 0 saturated heterocycles. The zero-order chi connectivity index (χ0) is 16.4. The zero-order valence-electron chi connectivity index (χ0n) is 12.3. The first-order valence-electron chi connectivity index (χ1n) is 6.91. The molecule has 1 amide bonds. The molecule has 0 saturated carbocycles. The summed E-state index contributed by atoms with van der Waals surface area (Å²) in [6.07, 6.45) is 4.90. The third kappa shape index (κ3) is 3.06. The van der Waals surface area contributed by atoms with Gasteiger partial charge in [0.25, 0.3) is 0 Å². The first-order chi connectivity index (χ1) is 11.1. The van der Waals surface area contributed by atoms with E-state index < -0.39 is 0 Å². The SMILES string of the molecule is CNC(=O)/C=C/c1cnc(N)c2c(-c3cccc(Cl)c3)csc12. The van der Waals surface area contributed by atoms with Gasteiger partial charge in [0.05, 0.1) is 0 Å². The van der Waals surface area contributed by atoms with E-state index in [0.717, 1.165) is 26.8 Å². The van der Waals surface area contributed by atoms with Gasteiger partial charge < -0.3 is 11.1 Å². The molecule has 4 nitrogen and oxygen atoms in total. The summed E-state index contributed by atoms with van der Waals surface area (Å²) < 4.78 is 0.993. The maximum Gasteiger partial charge on any atom is 0.243 e. The Morgan fingerprint density at radius 3 is 3.00 bits per heavy atom. The number of likely N-dealkylation sites (N-methyl/N-ethyl adjacent to an activating group) is 1. The van der Waals surface area contributed by atoms with E-state index in [1.54, 1.807) is 30.7 Å². The molecule has 0 aliphatic rings. The van der Waals surface area contributed by atoms with Gasteiger partial charge in [0.2, 0.25) is 5.91 Å². The van der Waals surface area contributed by atoms with Crippen molar-refractivity contribution in [2.75, 3.05) is 12.8 Å². The first kappa shape index (κ1) is 15.5. The average Bonchev–Trinajstić information content (AvgIpc) is 3.00. The first-order valence-corrected chi connectivity index (χ1v) is 8.17. The number of pyridine rings is 1. The molecule has 0 fully saturated rings. The molecule has 0 radical (unpaired) electrons. The van der Waals surface area contributed by atoms with Crippen molar-refractivity contribution in [2.45, 2.75) is 0 Å². The lowest BCUT2D eigenvalue weighted by Crippen LogP contribution is -2.13. The predicted octanol–water partition coefficient (Wildman–Crippen LogP) is 3.96. The summed E-state index contributed by atoms with van der Waals surface area (Å²) in [5, 5.41) is 6.14. The van der Waals surface area contributed by atoms with Crippen molar-refractivity contribution in [3.8, 4) is 11.1 Å². The van der Waals surface area contributed by atoms with Gasteiger partial charge in [-0.25, -0.2) is 4.98 Å². The molecule has 23 heavy (non-hydrogen) atoms. The molecule has 2 heterocycles. The highest BCUT2D eigenvalue weighted by Crippen LogP contribution is 2.39. The fourth-order valence-corrected chi connectivity index (χ4v) is 3.59. The molecule has 3 aromatic rings. The number of carbonyl (C=O) groups excluding carboxylic acids is 1. The van der Waals surface area contributed by atoms with Gasteiger partial charge in [0, 0.05) is 45.6 Å². The van der Waals surface area contributed by atoms with Crippen molar-refractivity contribution in [2.24, 2.45) is 0 Å². The second kappa shape index (κ2) is 6.40. The monoisotopic (exact) mass is 343 g/mol. The fourth-order valence-electron chi connectivity index (χ4n) is 2.32. The maximum atomic E-state index is 11.4. The number of halogens is 1. The van der Waals surface area contributed by atoms with Crippen LogP contribution in [0.2, 0.25) is 5.02 Å². The van der Waals surface area contributed by atoms with Gasteiger partial charge in [-0.15, -0.1) is 11.3 Å². The molecular weight excluding hydrogens is 330 g/mol. The number of anilines is 1. The number of nitrogen functional groups attached to an aromatic ring is 1. The molecule has 0 unspecified atom stereocenters. The fraction of sp³-hybridized carbons (Fsp3) is 0.0588. The molecule has 0 bridgehead atoms. The van der Waals surface area contributed by atoms with Crippen molar-refractivity contribution in [1.82, 2.24) is 10.3 Å². The summed E-state index contributed by atoms with van der Waals surface area (Å²) in [7, 11) is 1.59. The minimum atomic E-state index is -0.165. The van der Waals surface area contributed by atoms with E-state index in [2.05, 4.69) is 10.3 Å². The molecule has 0 aliphatic carbocycles. The van der Waals surface area contributed by atoms with E-state index in [1.807, 2.05) is 29.6 Å². The van der Waals surface area contributed by atoms with Crippen molar-refractivity contribution in [3.63, 3.8) is 0 Å². The third-order valence-corrected chi connectivity index (χ3v) is 4.71. The Hall–Kier alpha value is -2.37. The Bertz CT molecular complexity index is 917. The molecule has 3 rings (SSSR count). The normalized spacial score (nSPS) is 11.2. The Morgan fingerprint density at radius 1 is 1.43 bits per heavy atom. The lowest BCUT2D eigenvalue weighted by molar-refractivity contribution is -0.115. The third-order valence-electron chi connectivity index (χ3n) is 3.45. The van der Waals surface area contributed by atoms with Gasteiger partial charge in [-0.05, 0) is 29.2 Å². The number of hydrogen-bond acceptors (Lipinski definition) is 4. The molecule has 6 heteroatoms. The Kier molecular flexibility index (Phi) is 4.32. The Labute approximate surface area is 142 Å². The van der Waals surface area contributed by atoms with Crippen molar-refractivity contribution >= 4 is 50.8 Å². The zero-order valence-corrected chi connectivity index (χ0v) is 13.9. The summed E-state index contributed by atoms with van der Waals surface area (Å²) in [6.45, 7) is 0. The molecule has 0 atom stereocenters. The smallest absolute Gasteiger partial charge is 0.243 e. The molecular formula is C17H14ClN3OS. The lowest BCUT2D eigenvalue weighted by Gasteiger charge is -2.04. The van der Waals surface area contributed by atoms with E-state index in [4.69, 9.17) is 17.3 Å². The number of nitrogens with zero attached hydrogens (tertiary/aromatic N) is 1. The van der Waals surface area contributed by atoms with Crippen LogP contribution >= 0.6 is 22.9 Å². The van der Waals surface area contributed by atoms with Crippen LogP contribution in [0.25, 0.3) is 27.3 Å². The van der Waals surface area contributed by atoms with Gasteiger partial charge in [0.15, 0.2) is 0 Å². The van der Waals surface area contributed by atoms with Crippen molar-refractivity contribution in [1.29, 1.82) is 0 Å². The largest absolute Gasteiger partial charge is 0.383 e. The van der Waals surface area contributed by atoms with Crippen LogP contribution in [0.1, 0.15) is 5.56 Å². The number of hydrogen-bond donors (Lipinski definition) is 2. The van der Waals surface area contributed by atoms with E-state index in [0.29, 0.717) is 10.8 Å². The van der Waals surface area contributed by atoms with Crippen LogP contribution in [-0.2, 0) is 4.79 Å². The summed E-state index contributed by atoms with van der Waals surface area (Å²) in [5.74, 6) is 0.301. The standard InChI is InChI=1S/C17H14ClN3OS/c1-20-14(22)6-5-11-8-21-17(19)15-13(9-23-16(11)15)10-3-2-4-12(18)7-10/h2-9H,1H3,(H2,19,21)(H,20,22)/b6-5+. The van der Waals surface area contributed by atoms with Gasteiger partial charge in [-0.3, -0.25) is 4.79 Å². The summed E-state index contributed by atoms with van der Waals surface area (Å²) >= 11 is 7.65. The minimum absolute atomic E-state index is 0.165. The number of rotatable bonds is 3. The highest BCUT2D eigenvalue weighted by atomic mass is 35.5. The van der Waals surface area contributed by atoms with E-state index in [1.165, 1.54) is 6.08 Å². The number of benzene rings is 1. The number of carbonyl (C=O) groups is 1. The molecule has 0 aliphatic heterocycles. The minimum Gasteiger partial charge on any atom is -0.383 e. The van der Waals surface area contributed by atoms with Gasteiger partial charge >= 0.3 is 0 Å². The highest BCUT2D eigenvalue weighted by Gasteiger charge is 2.13. The highest BCUT2D eigenvalue weighted by molar-refractivity contribution is 7.18. The van der Waals surface area contributed by atoms with E-state index in [9.17, 15) is 4.79 Å². The molecule has 3 N–H and O–H groups in total. The number of nitrogens with one attached hydrogen (secondary N) is 1. The van der Waals surface area contributed by atoms with Crippen LogP contribution in [0.5, 0.6) is 0 Å². The Morgan fingerprint density at radius 2 is 2.26 bits per heavy atom. The van der Waals surface area contributed by atoms with Gasteiger partial charge in [0.1, 0.15) is 5.82 Å². The lowest BCUT2D eigenvalue weighted by atomic mass is 10.0. The molecule has 0 spiro atoms. The van der Waals surface area contributed by atoms with Crippen LogP contribution in [0.15, 0.2) is 41.9 Å². The molecule has 2 aromatic heterocycles. The maximum absolute atomic E-state index is 11.4. The van der Waals surface area contributed by atoms with Crippen LogP contribution < -0.4 is 11.1 Å². The van der Waals surface area contributed by atoms with Gasteiger partial charge in [-0.2, -0.15) is 0 Å². The number of nitrogens with two attached hydrogens (primary N) is 1. The second-order valence-corrected chi connectivity index (χ2v) is 6.23. The van der Waals surface area contributed by atoms with Crippen LogP contribution in [0, 0.1) is 0 Å². The number of aromatic nitrogens is 1. The van der Waals surface area contributed by atoms with Crippen LogP contribution in [-0.4, -0.2) is 17.9 Å². The van der Waals surface area contributed by atoms with E-state index >= 15 is 0 Å². The number of thiophene rings is 1. The number of fused-ring (bicyclic) bond motifs is 1. The topological polar surface area (TPSA) is 68.0 Å². The predicted molar refractivity (Wildman–Crippen MR) is 97.6 cm³/mol. The van der Waals surface area contributed by atoms with Gasteiger partial charge in [-0.1, -0.05) is 23.7 Å². The van der Waals surface area contributed by atoms with E-state index in [-0.39, 0.29) is 5.91 Å². The molecule has 116 valence electrons. The molecule has 1 aromatic carbocycles. The quantitative estimate of drug-likeness (QED) is 0.707. The number of amides is 1. The van der Waals surface area contributed by atoms with Crippen molar-refractivity contribution < 1.29 is 4.79 Å². The average molecular weight is 344 g/mol. The summed E-state index contributed by atoms with van der Waals surface area (Å²) in [6, 6.07) is 7.62. The van der Waals surface area contributed by atoms with Crippen molar-refractivity contribution in [3.05, 3.63) is 52.5 Å².